The fraction of sp³-hybridized carbons (Fsp3) is 1.00. The lowest BCUT2D eigenvalue weighted by molar-refractivity contribution is 0.207. The Balaban J connectivity index is 3.68. The van der Waals surface area contributed by atoms with E-state index in [-0.39, 0.29) is 11.8 Å². The van der Waals surface area contributed by atoms with Crippen molar-refractivity contribution >= 4 is 10.8 Å². The molecule has 0 aromatic heterocycles. The maximum absolute atomic E-state index is 11.2. The van der Waals surface area contributed by atoms with Crippen LogP contribution < -0.4 is 5.73 Å². The zero-order chi connectivity index (χ0) is 8.85. The van der Waals surface area contributed by atoms with E-state index >= 15 is 0 Å². The summed E-state index contributed by atoms with van der Waals surface area (Å²) in [7, 11) is -0.925. The molecule has 0 saturated carbocycles. The molecule has 0 fully saturated rings. The van der Waals surface area contributed by atoms with Crippen molar-refractivity contribution < 1.29 is 9.32 Å². The fourth-order valence-corrected chi connectivity index (χ4v) is 1.82. The summed E-state index contributed by atoms with van der Waals surface area (Å²) in [6.07, 6.45) is 0.272. The van der Waals surface area contributed by atoms with Crippen molar-refractivity contribution in [2.75, 3.05) is 12.3 Å². The van der Waals surface area contributed by atoms with Gasteiger partial charge >= 0.3 is 0 Å². The number of nitrogens with two attached hydrogens (primary N) is 1. The highest BCUT2D eigenvalue weighted by atomic mass is 32.2. The Morgan fingerprint density at radius 3 is 2.55 bits per heavy atom. The summed E-state index contributed by atoms with van der Waals surface area (Å²) in [5.74, 6) is 0.311. The van der Waals surface area contributed by atoms with Gasteiger partial charge in [-0.3, -0.25) is 4.21 Å². The lowest BCUT2D eigenvalue weighted by Gasteiger charge is -2.11. The zero-order valence-corrected chi connectivity index (χ0v) is 7.93. The van der Waals surface area contributed by atoms with E-state index in [1.807, 2.05) is 13.8 Å². The highest BCUT2D eigenvalue weighted by molar-refractivity contribution is 7.85. The minimum Gasteiger partial charge on any atom is -0.391 e. The normalized spacial score (nSPS) is 19.3. The van der Waals surface area contributed by atoms with Crippen LogP contribution in [-0.2, 0) is 10.8 Å². The minimum absolute atomic E-state index is 0.163. The van der Waals surface area contributed by atoms with Crippen LogP contribution >= 0.6 is 0 Å². The monoisotopic (exact) mass is 179 g/mol. The molecule has 0 aliphatic rings. The molecule has 11 heavy (non-hydrogen) atoms. The topological polar surface area (TPSA) is 63.3 Å². The van der Waals surface area contributed by atoms with Gasteiger partial charge in [0.1, 0.15) is 0 Å². The molecular weight excluding hydrogens is 162 g/mol. The van der Waals surface area contributed by atoms with Crippen LogP contribution in [-0.4, -0.2) is 33.0 Å². The summed E-state index contributed by atoms with van der Waals surface area (Å²) >= 11 is 0. The standard InChI is InChI=1S/C7H17NO2S/c1-3-6(2)11(10)5-7(9)4-8/h6-7,9H,3-5,8H2,1-2H3. The van der Waals surface area contributed by atoms with Gasteiger partial charge in [-0.05, 0) is 6.42 Å². The average molecular weight is 179 g/mol. The zero-order valence-electron chi connectivity index (χ0n) is 7.12. The Labute approximate surface area is 70.4 Å². The van der Waals surface area contributed by atoms with Crippen LogP contribution in [0.5, 0.6) is 0 Å². The van der Waals surface area contributed by atoms with Crippen molar-refractivity contribution in [2.24, 2.45) is 5.73 Å². The smallest absolute Gasteiger partial charge is 0.0777 e. The molecule has 0 saturated heterocycles. The van der Waals surface area contributed by atoms with Crippen LogP contribution in [0.4, 0.5) is 0 Å². The first-order chi connectivity index (χ1) is 5.11. The van der Waals surface area contributed by atoms with Gasteiger partial charge in [-0.25, -0.2) is 0 Å². The first kappa shape index (κ1) is 11.1. The van der Waals surface area contributed by atoms with E-state index in [0.29, 0.717) is 5.75 Å². The van der Waals surface area contributed by atoms with E-state index in [1.54, 1.807) is 0 Å². The first-order valence-electron chi connectivity index (χ1n) is 3.87. The van der Waals surface area contributed by atoms with Crippen molar-refractivity contribution in [1.29, 1.82) is 0 Å². The molecule has 0 rings (SSSR count). The van der Waals surface area contributed by atoms with Gasteiger partial charge in [0, 0.05) is 22.6 Å². The minimum atomic E-state index is -0.925. The van der Waals surface area contributed by atoms with Gasteiger partial charge < -0.3 is 10.8 Å². The van der Waals surface area contributed by atoms with Gasteiger partial charge in [-0.2, -0.15) is 0 Å². The average Bonchev–Trinajstić information content (AvgIpc) is 2.02. The molecule has 0 spiro atoms. The molecular formula is C7H17NO2S. The van der Waals surface area contributed by atoms with Crippen LogP contribution in [0.25, 0.3) is 0 Å². The number of aliphatic hydroxyl groups is 1. The van der Waals surface area contributed by atoms with Crippen molar-refractivity contribution in [2.45, 2.75) is 31.6 Å². The number of hydrogen-bond acceptors (Lipinski definition) is 3. The highest BCUT2D eigenvalue weighted by Gasteiger charge is 2.12. The van der Waals surface area contributed by atoms with E-state index in [2.05, 4.69) is 0 Å². The molecule has 0 radical (unpaired) electrons. The molecule has 3 unspecified atom stereocenters. The summed E-state index contributed by atoms with van der Waals surface area (Å²) in [6.45, 7) is 4.10. The van der Waals surface area contributed by atoms with Crippen molar-refractivity contribution in [3.05, 3.63) is 0 Å². The fourth-order valence-electron chi connectivity index (χ4n) is 0.608. The van der Waals surface area contributed by atoms with E-state index < -0.39 is 16.9 Å². The summed E-state index contributed by atoms with van der Waals surface area (Å²) in [6, 6.07) is 0. The highest BCUT2D eigenvalue weighted by Crippen LogP contribution is 2.01. The molecule has 3 nitrogen and oxygen atoms in total. The predicted molar refractivity (Wildman–Crippen MR) is 47.8 cm³/mol. The van der Waals surface area contributed by atoms with Gasteiger partial charge in [0.2, 0.25) is 0 Å². The van der Waals surface area contributed by atoms with E-state index in [1.165, 1.54) is 0 Å². The van der Waals surface area contributed by atoms with Crippen LogP contribution in [0.15, 0.2) is 0 Å². The van der Waals surface area contributed by atoms with Crippen molar-refractivity contribution in [1.82, 2.24) is 0 Å². The van der Waals surface area contributed by atoms with Gasteiger partial charge in [-0.1, -0.05) is 13.8 Å². The van der Waals surface area contributed by atoms with Gasteiger partial charge in [0.15, 0.2) is 0 Å². The lowest BCUT2D eigenvalue weighted by Crippen LogP contribution is -2.29. The Morgan fingerprint density at radius 1 is 1.64 bits per heavy atom. The van der Waals surface area contributed by atoms with Gasteiger partial charge in [0.25, 0.3) is 0 Å². The Morgan fingerprint density at radius 2 is 2.18 bits per heavy atom. The van der Waals surface area contributed by atoms with Crippen LogP contribution in [0.2, 0.25) is 0 Å². The molecule has 0 heterocycles. The third-order valence-corrected chi connectivity index (χ3v) is 3.60. The second-order valence-corrected chi connectivity index (χ2v) is 4.56. The lowest BCUT2D eigenvalue weighted by atomic mass is 10.4. The van der Waals surface area contributed by atoms with E-state index in [4.69, 9.17) is 10.8 Å². The van der Waals surface area contributed by atoms with Gasteiger partial charge in [-0.15, -0.1) is 0 Å². The SMILES string of the molecule is CCC(C)S(=O)CC(O)CN. The predicted octanol–water partition coefficient (Wildman–Crippen LogP) is -0.147. The second kappa shape index (κ2) is 5.69. The van der Waals surface area contributed by atoms with Crippen molar-refractivity contribution in [3.63, 3.8) is 0 Å². The molecule has 68 valence electrons. The third-order valence-electron chi connectivity index (χ3n) is 1.65. The van der Waals surface area contributed by atoms with Crippen LogP contribution in [0.1, 0.15) is 20.3 Å². The molecule has 3 N–H and O–H groups in total. The van der Waals surface area contributed by atoms with E-state index in [0.717, 1.165) is 6.42 Å². The van der Waals surface area contributed by atoms with Crippen molar-refractivity contribution in [3.8, 4) is 0 Å². The maximum Gasteiger partial charge on any atom is 0.0777 e. The molecule has 4 heteroatoms. The number of aliphatic hydroxyl groups excluding tert-OH is 1. The first-order valence-corrected chi connectivity index (χ1v) is 5.25. The number of hydrogen-bond donors (Lipinski definition) is 2. The largest absolute Gasteiger partial charge is 0.391 e. The summed E-state index contributed by atoms with van der Waals surface area (Å²) < 4.78 is 11.2. The molecule has 0 aromatic carbocycles. The quantitative estimate of drug-likeness (QED) is 0.617. The number of rotatable bonds is 5. The molecule has 0 aromatic rings. The Bertz CT molecular complexity index is 130. The molecule has 0 aliphatic carbocycles. The molecule has 3 atom stereocenters. The molecule has 0 aliphatic heterocycles. The van der Waals surface area contributed by atoms with Gasteiger partial charge in [0.05, 0.1) is 11.9 Å². The van der Waals surface area contributed by atoms with Crippen LogP contribution in [0.3, 0.4) is 0 Å². The summed E-state index contributed by atoms with van der Waals surface area (Å²) in [5, 5.41) is 9.22. The van der Waals surface area contributed by atoms with E-state index in [9.17, 15) is 4.21 Å². The van der Waals surface area contributed by atoms with Crippen LogP contribution in [0, 0.1) is 0 Å². The summed E-state index contributed by atoms with van der Waals surface area (Å²) in [5.41, 5.74) is 5.18. The molecule has 0 bridgehead atoms. The Kier molecular flexibility index (Phi) is 5.72. The Hall–Kier alpha value is 0.0700. The second-order valence-electron chi connectivity index (χ2n) is 2.66. The molecule has 0 amide bonds. The third kappa shape index (κ3) is 4.50. The maximum atomic E-state index is 11.2. The summed E-state index contributed by atoms with van der Waals surface area (Å²) in [4.78, 5) is 0.